The van der Waals surface area contributed by atoms with Crippen molar-refractivity contribution in [1.29, 1.82) is 0 Å². The number of rotatable bonds is 3. The number of carbonyl (C=O) groups excluding carboxylic acids is 2. The summed E-state index contributed by atoms with van der Waals surface area (Å²) in [7, 11) is 1.57. The number of nitrogens with one attached hydrogen (secondary N) is 1. The Hall–Kier alpha value is -2.76. The molecule has 1 heterocycles. The van der Waals surface area contributed by atoms with Crippen LogP contribution in [0, 0.1) is 24.5 Å². The van der Waals surface area contributed by atoms with Gasteiger partial charge in [0, 0.05) is 31.3 Å². The lowest BCUT2D eigenvalue weighted by Gasteiger charge is -2.17. The van der Waals surface area contributed by atoms with Crippen LogP contribution in [0.25, 0.3) is 0 Å². The highest BCUT2D eigenvalue weighted by Crippen LogP contribution is 2.34. The zero-order chi connectivity index (χ0) is 18.1. The average molecular weight is 344 g/mol. The number of benzene rings is 2. The number of carbonyl (C=O) groups is 2. The van der Waals surface area contributed by atoms with Crippen molar-refractivity contribution in [3.63, 3.8) is 0 Å². The molecule has 2 atom stereocenters. The minimum Gasteiger partial charge on any atom is -0.344 e. The normalized spacial score (nSPS) is 20.0. The summed E-state index contributed by atoms with van der Waals surface area (Å²) < 4.78 is 27.1. The van der Waals surface area contributed by atoms with Crippen LogP contribution >= 0.6 is 0 Å². The van der Waals surface area contributed by atoms with E-state index in [9.17, 15) is 18.4 Å². The molecule has 0 unspecified atom stereocenters. The highest BCUT2D eigenvalue weighted by atomic mass is 19.1. The van der Waals surface area contributed by atoms with Gasteiger partial charge in [-0.3, -0.25) is 9.59 Å². The van der Waals surface area contributed by atoms with Crippen LogP contribution in [-0.4, -0.2) is 30.3 Å². The van der Waals surface area contributed by atoms with Crippen LogP contribution in [0.3, 0.4) is 0 Å². The zero-order valence-electron chi connectivity index (χ0n) is 13.9. The van der Waals surface area contributed by atoms with Gasteiger partial charge in [0.05, 0.1) is 0 Å². The fourth-order valence-electron chi connectivity index (χ4n) is 3.14. The molecule has 1 saturated heterocycles. The zero-order valence-corrected chi connectivity index (χ0v) is 13.9. The highest BCUT2D eigenvalue weighted by Gasteiger charge is 2.44. The maximum atomic E-state index is 13.5. The van der Waals surface area contributed by atoms with E-state index in [0.717, 1.165) is 11.6 Å². The van der Waals surface area contributed by atoms with Crippen LogP contribution in [0.2, 0.25) is 0 Å². The molecule has 2 amide bonds. The summed E-state index contributed by atoms with van der Waals surface area (Å²) in [6, 6.07) is 10.3. The molecule has 0 aromatic heterocycles. The van der Waals surface area contributed by atoms with Crippen molar-refractivity contribution < 1.29 is 18.4 Å². The van der Waals surface area contributed by atoms with Crippen molar-refractivity contribution in [3.05, 3.63) is 65.2 Å². The number of amides is 2. The largest absolute Gasteiger partial charge is 0.344 e. The van der Waals surface area contributed by atoms with Crippen LogP contribution in [0.5, 0.6) is 0 Å². The van der Waals surface area contributed by atoms with Crippen LogP contribution in [0.1, 0.15) is 17.0 Å². The van der Waals surface area contributed by atoms with E-state index in [2.05, 4.69) is 5.32 Å². The van der Waals surface area contributed by atoms with Gasteiger partial charge in [-0.1, -0.05) is 17.7 Å². The van der Waals surface area contributed by atoms with Gasteiger partial charge in [-0.05, 0) is 36.8 Å². The molecule has 0 aliphatic carbocycles. The second-order valence-electron chi connectivity index (χ2n) is 6.36. The molecule has 0 bridgehead atoms. The monoisotopic (exact) mass is 344 g/mol. The highest BCUT2D eigenvalue weighted by molar-refractivity contribution is 6.08. The van der Waals surface area contributed by atoms with E-state index in [1.165, 1.54) is 17.0 Å². The van der Waals surface area contributed by atoms with Crippen LogP contribution in [-0.2, 0) is 9.59 Å². The fraction of sp³-hybridized carbons (Fsp3) is 0.263. The van der Waals surface area contributed by atoms with Gasteiger partial charge in [0.15, 0.2) is 0 Å². The Bertz CT molecular complexity index is 800. The van der Waals surface area contributed by atoms with Crippen LogP contribution in [0.4, 0.5) is 14.5 Å². The van der Waals surface area contributed by atoms with Crippen molar-refractivity contribution in [2.75, 3.05) is 18.9 Å². The minimum atomic E-state index is -1.02. The molecule has 4 nitrogen and oxygen atoms in total. The van der Waals surface area contributed by atoms with Crippen molar-refractivity contribution in [2.45, 2.75) is 12.8 Å². The smallest absolute Gasteiger partial charge is 0.237 e. The maximum absolute atomic E-state index is 13.5. The Morgan fingerprint density at radius 3 is 2.32 bits per heavy atom. The Kier molecular flexibility index (Phi) is 4.53. The van der Waals surface area contributed by atoms with Crippen molar-refractivity contribution in [3.8, 4) is 0 Å². The summed E-state index contributed by atoms with van der Waals surface area (Å²) >= 11 is 0. The van der Waals surface area contributed by atoms with Gasteiger partial charge < -0.3 is 10.2 Å². The number of hydrogen-bond acceptors (Lipinski definition) is 2. The van der Waals surface area contributed by atoms with E-state index in [0.29, 0.717) is 11.3 Å². The molecule has 1 aliphatic heterocycles. The molecule has 25 heavy (non-hydrogen) atoms. The van der Waals surface area contributed by atoms with Gasteiger partial charge in [0.1, 0.15) is 17.6 Å². The van der Waals surface area contributed by atoms with Crippen molar-refractivity contribution in [2.24, 2.45) is 5.92 Å². The third kappa shape index (κ3) is 3.52. The second-order valence-corrected chi connectivity index (χ2v) is 6.36. The first-order valence-electron chi connectivity index (χ1n) is 7.93. The number of likely N-dealkylation sites (tertiary alicyclic amines) is 1. The molecular weight excluding hydrogens is 326 g/mol. The third-order valence-electron chi connectivity index (χ3n) is 4.43. The number of aryl methyl sites for hydroxylation is 1. The average Bonchev–Trinajstić information content (AvgIpc) is 2.84. The second kappa shape index (κ2) is 6.63. The first-order valence-corrected chi connectivity index (χ1v) is 7.93. The van der Waals surface area contributed by atoms with E-state index >= 15 is 0 Å². The molecule has 1 N–H and O–H groups in total. The fourth-order valence-corrected chi connectivity index (χ4v) is 3.14. The molecule has 3 rings (SSSR count). The molecule has 0 radical (unpaired) electrons. The van der Waals surface area contributed by atoms with E-state index < -0.39 is 29.4 Å². The topological polar surface area (TPSA) is 49.4 Å². The quantitative estimate of drug-likeness (QED) is 0.870. The molecule has 0 saturated carbocycles. The molecule has 2 aromatic carbocycles. The Balaban J connectivity index is 1.89. The van der Waals surface area contributed by atoms with Gasteiger partial charge in [0.25, 0.3) is 0 Å². The van der Waals surface area contributed by atoms with Crippen molar-refractivity contribution in [1.82, 2.24) is 4.90 Å². The Morgan fingerprint density at radius 1 is 1.12 bits per heavy atom. The predicted octanol–water partition coefficient (Wildman–Crippen LogP) is 3.08. The standard InChI is InChI=1S/C19H18F2N2O2/c1-11-3-5-15(6-4-11)22-18(24)17-16(10-23(2)19(17)25)12-7-13(20)9-14(21)8-12/h3-9,16-17H,10H2,1-2H3,(H,22,24)/t16-,17+/m1/s1. The summed E-state index contributed by atoms with van der Waals surface area (Å²) in [5, 5.41) is 2.72. The lowest BCUT2D eigenvalue weighted by atomic mass is 9.87. The summed E-state index contributed by atoms with van der Waals surface area (Å²) in [5.41, 5.74) is 1.92. The summed E-state index contributed by atoms with van der Waals surface area (Å²) in [6.07, 6.45) is 0. The number of hydrogen-bond donors (Lipinski definition) is 1. The van der Waals surface area contributed by atoms with Gasteiger partial charge >= 0.3 is 0 Å². The Morgan fingerprint density at radius 2 is 1.72 bits per heavy atom. The molecule has 0 spiro atoms. The van der Waals surface area contributed by atoms with E-state index in [1.807, 2.05) is 19.1 Å². The van der Waals surface area contributed by atoms with Gasteiger partial charge in [-0.25, -0.2) is 8.78 Å². The minimum absolute atomic E-state index is 0.230. The lowest BCUT2D eigenvalue weighted by Crippen LogP contribution is -2.32. The number of halogens is 2. The summed E-state index contributed by atoms with van der Waals surface area (Å²) in [6.45, 7) is 2.16. The molecule has 2 aromatic rings. The first kappa shape index (κ1) is 17.1. The van der Waals surface area contributed by atoms with Crippen LogP contribution in [0.15, 0.2) is 42.5 Å². The molecule has 1 aliphatic rings. The lowest BCUT2D eigenvalue weighted by molar-refractivity contribution is -0.135. The van der Waals surface area contributed by atoms with Gasteiger partial charge in [-0.2, -0.15) is 0 Å². The molecule has 6 heteroatoms. The first-order chi connectivity index (χ1) is 11.8. The number of likely N-dealkylation sites (N-methyl/N-ethyl adjacent to an activating group) is 1. The van der Waals surface area contributed by atoms with Crippen molar-refractivity contribution >= 4 is 17.5 Å². The van der Waals surface area contributed by atoms with Gasteiger partial charge in [-0.15, -0.1) is 0 Å². The summed E-state index contributed by atoms with van der Waals surface area (Å²) in [5.74, 6) is -3.92. The van der Waals surface area contributed by atoms with Crippen LogP contribution < -0.4 is 5.32 Å². The van der Waals surface area contributed by atoms with E-state index in [4.69, 9.17) is 0 Å². The van der Waals surface area contributed by atoms with Gasteiger partial charge in [0.2, 0.25) is 11.8 Å². The third-order valence-corrected chi connectivity index (χ3v) is 4.43. The Labute approximate surface area is 144 Å². The predicted molar refractivity (Wildman–Crippen MR) is 90.0 cm³/mol. The number of anilines is 1. The SMILES string of the molecule is Cc1ccc(NC(=O)[C@H]2C(=O)N(C)C[C@@H]2c2cc(F)cc(F)c2)cc1. The van der Waals surface area contributed by atoms with E-state index in [-0.39, 0.29) is 12.5 Å². The molecule has 1 fully saturated rings. The number of nitrogens with zero attached hydrogens (tertiary/aromatic N) is 1. The maximum Gasteiger partial charge on any atom is 0.237 e. The van der Waals surface area contributed by atoms with E-state index in [1.54, 1.807) is 19.2 Å². The summed E-state index contributed by atoms with van der Waals surface area (Å²) in [4.78, 5) is 26.5. The molecular formula is C19H18F2N2O2. The molecule has 130 valence electrons.